The lowest BCUT2D eigenvalue weighted by Crippen LogP contribution is -3.00. The fourth-order valence-electron chi connectivity index (χ4n) is 1.94. The van der Waals surface area contributed by atoms with Crippen LogP contribution in [-0.2, 0) is 4.79 Å². The fraction of sp³-hybridized carbons (Fsp3) is 0.929. The summed E-state index contributed by atoms with van der Waals surface area (Å²) in [6.45, 7) is 4.88. The maximum absolute atomic E-state index is 10.6. The Morgan fingerprint density at radius 2 is 1.24 bits per heavy atom. The molecule has 0 aromatic carbocycles. The number of quaternary nitrogens is 1. The van der Waals surface area contributed by atoms with Crippen LogP contribution in [0, 0.1) is 0 Å². The topological polar surface area (TPSA) is 33.7 Å². The van der Waals surface area contributed by atoms with Gasteiger partial charge in [0, 0.05) is 0 Å². The quantitative estimate of drug-likeness (QED) is 0.524. The van der Waals surface area contributed by atoms with Crippen molar-refractivity contribution in [2.24, 2.45) is 0 Å². The van der Waals surface area contributed by atoms with Gasteiger partial charge in [0.05, 0.1) is 13.5 Å². The van der Waals surface area contributed by atoms with Crippen molar-refractivity contribution in [2.75, 3.05) is 6.54 Å². The molecule has 0 bridgehead atoms. The maximum Gasteiger partial charge on any atom is 0.307 e. The van der Waals surface area contributed by atoms with Gasteiger partial charge in [0.2, 0.25) is 0 Å². The molecule has 104 valence electrons. The highest BCUT2D eigenvalue weighted by Crippen LogP contribution is 2.09. The Morgan fingerprint density at radius 1 is 0.824 bits per heavy atom. The van der Waals surface area contributed by atoms with E-state index >= 15 is 0 Å². The minimum Gasteiger partial charge on any atom is -1.00 e. The van der Waals surface area contributed by atoms with Crippen molar-refractivity contribution < 1.29 is 22.5 Å². The molecule has 0 aliphatic carbocycles. The SMILES string of the molecule is CCCCCCCCCCCC[NH2+]C(C)=O.[Cl-]. The van der Waals surface area contributed by atoms with Gasteiger partial charge in [0.25, 0.3) is 0 Å². The van der Waals surface area contributed by atoms with Gasteiger partial charge in [-0.3, -0.25) is 5.32 Å². The lowest BCUT2D eigenvalue weighted by molar-refractivity contribution is -0.567. The van der Waals surface area contributed by atoms with E-state index in [1.807, 2.05) is 5.32 Å². The molecule has 0 unspecified atom stereocenters. The van der Waals surface area contributed by atoms with Gasteiger partial charge in [-0.25, -0.2) is 4.79 Å². The molecule has 2 nitrogen and oxygen atoms in total. The summed E-state index contributed by atoms with van der Waals surface area (Å²) >= 11 is 0. The minimum absolute atomic E-state index is 0. The molecule has 2 N–H and O–H groups in total. The van der Waals surface area contributed by atoms with Crippen molar-refractivity contribution in [2.45, 2.75) is 78.1 Å². The number of rotatable bonds is 11. The van der Waals surface area contributed by atoms with E-state index in [-0.39, 0.29) is 18.3 Å². The highest BCUT2D eigenvalue weighted by atomic mass is 35.5. The number of carbonyl (C=O) groups is 1. The van der Waals surface area contributed by atoms with Crippen LogP contribution >= 0.6 is 0 Å². The summed E-state index contributed by atoms with van der Waals surface area (Å²) in [6.07, 6.45) is 13.6. The van der Waals surface area contributed by atoms with Gasteiger partial charge in [0.15, 0.2) is 0 Å². The molecule has 0 saturated carbocycles. The molecule has 0 aliphatic heterocycles. The van der Waals surface area contributed by atoms with Gasteiger partial charge in [-0.2, -0.15) is 0 Å². The molecule has 0 fully saturated rings. The van der Waals surface area contributed by atoms with Crippen LogP contribution in [0.3, 0.4) is 0 Å². The van der Waals surface area contributed by atoms with E-state index < -0.39 is 0 Å². The Labute approximate surface area is 113 Å². The predicted molar refractivity (Wildman–Crippen MR) is 69.3 cm³/mol. The van der Waals surface area contributed by atoms with Crippen molar-refractivity contribution in [1.29, 1.82) is 0 Å². The number of primary amides is 1. The lowest BCUT2D eigenvalue weighted by atomic mass is 10.1. The fourth-order valence-corrected chi connectivity index (χ4v) is 1.94. The zero-order valence-corrected chi connectivity index (χ0v) is 12.4. The second kappa shape index (κ2) is 15.9. The molecule has 0 heterocycles. The van der Waals surface area contributed by atoms with Crippen LogP contribution in [0.15, 0.2) is 0 Å². The second-order valence-corrected chi connectivity index (χ2v) is 4.79. The molecule has 0 aliphatic rings. The highest BCUT2D eigenvalue weighted by Gasteiger charge is 1.96. The van der Waals surface area contributed by atoms with Crippen LogP contribution in [0.1, 0.15) is 78.1 Å². The summed E-state index contributed by atoms with van der Waals surface area (Å²) < 4.78 is 0. The second-order valence-electron chi connectivity index (χ2n) is 4.79. The molecule has 1 amide bonds. The first-order valence-corrected chi connectivity index (χ1v) is 7.11. The van der Waals surface area contributed by atoms with E-state index in [0.29, 0.717) is 0 Å². The van der Waals surface area contributed by atoms with Crippen LogP contribution in [0.4, 0.5) is 0 Å². The van der Waals surface area contributed by atoms with Crippen molar-refractivity contribution in [3.63, 3.8) is 0 Å². The Hall–Kier alpha value is -0.0800. The Bertz CT molecular complexity index is 162. The van der Waals surface area contributed by atoms with Gasteiger partial charge >= 0.3 is 5.91 Å². The van der Waals surface area contributed by atoms with Crippen LogP contribution in [-0.4, -0.2) is 12.5 Å². The third-order valence-corrected chi connectivity index (χ3v) is 2.99. The van der Waals surface area contributed by atoms with Crippen molar-refractivity contribution in [3.8, 4) is 0 Å². The molecular weight excluding hydrogens is 234 g/mol. The third kappa shape index (κ3) is 18.5. The molecule has 0 aromatic heterocycles. The first-order valence-electron chi connectivity index (χ1n) is 7.11. The number of nitrogens with two attached hydrogens (primary N) is 1. The number of amides is 1. The maximum atomic E-state index is 10.6. The summed E-state index contributed by atoms with van der Waals surface area (Å²) in [5.41, 5.74) is 0. The summed E-state index contributed by atoms with van der Waals surface area (Å²) in [4.78, 5) is 10.6. The van der Waals surface area contributed by atoms with Gasteiger partial charge in [-0.05, 0) is 12.8 Å². The van der Waals surface area contributed by atoms with Gasteiger partial charge in [-0.15, -0.1) is 0 Å². The number of hydrogen-bond acceptors (Lipinski definition) is 1. The number of halogens is 1. The monoisotopic (exact) mass is 263 g/mol. The first-order chi connectivity index (χ1) is 7.77. The van der Waals surface area contributed by atoms with E-state index in [1.165, 1.54) is 64.2 Å². The zero-order valence-electron chi connectivity index (χ0n) is 11.6. The van der Waals surface area contributed by atoms with E-state index in [4.69, 9.17) is 0 Å². The Balaban J connectivity index is 0. The van der Waals surface area contributed by atoms with E-state index in [0.717, 1.165) is 6.54 Å². The van der Waals surface area contributed by atoms with E-state index in [1.54, 1.807) is 6.92 Å². The van der Waals surface area contributed by atoms with Gasteiger partial charge in [0.1, 0.15) is 0 Å². The van der Waals surface area contributed by atoms with Crippen LogP contribution in [0.2, 0.25) is 0 Å². The molecule has 0 aromatic rings. The average molecular weight is 264 g/mol. The average Bonchev–Trinajstić information content (AvgIpc) is 2.25. The molecule has 3 heteroatoms. The van der Waals surface area contributed by atoms with E-state index in [9.17, 15) is 4.79 Å². The number of unbranched alkanes of at least 4 members (excludes halogenated alkanes) is 9. The van der Waals surface area contributed by atoms with Gasteiger partial charge in [-0.1, -0.05) is 58.3 Å². The van der Waals surface area contributed by atoms with Crippen LogP contribution < -0.4 is 17.7 Å². The molecule has 0 radical (unpaired) electrons. The summed E-state index contributed by atoms with van der Waals surface area (Å²) in [7, 11) is 0. The molecule has 0 rings (SSSR count). The molecule has 0 saturated heterocycles. The highest BCUT2D eigenvalue weighted by molar-refractivity contribution is 5.61. The lowest BCUT2D eigenvalue weighted by Gasteiger charge is -2.01. The number of carbonyl (C=O) groups excluding carboxylic acids is 1. The Morgan fingerprint density at radius 3 is 1.65 bits per heavy atom. The molecular formula is C14H30ClNO. The van der Waals surface area contributed by atoms with Crippen molar-refractivity contribution >= 4 is 5.91 Å². The Kier molecular flexibility index (Phi) is 18.0. The normalized spacial score (nSPS) is 10.0. The summed E-state index contributed by atoms with van der Waals surface area (Å²) in [6, 6.07) is 0. The molecule has 17 heavy (non-hydrogen) atoms. The standard InChI is InChI=1S/C14H29NO.ClH/c1-3-4-5-6-7-8-9-10-11-12-13-15-14(2)16;/h3-13H2,1-2H3,(H,15,16);1H. The molecule has 0 atom stereocenters. The predicted octanol–water partition coefficient (Wildman–Crippen LogP) is 0.0212. The van der Waals surface area contributed by atoms with Gasteiger partial charge < -0.3 is 12.4 Å². The van der Waals surface area contributed by atoms with Crippen molar-refractivity contribution in [1.82, 2.24) is 0 Å². The zero-order chi connectivity index (χ0) is 12.1. The molecule has 0 spiro atoms. The van der Waals surface area contributed by atoms with Crippen molar-refractivity contribution in [3.05, 3.63) is 0 Å². The largest absolute Gasteiger partial charge is 1.00 e. The van der Waals surface area contributed by atoms with Crippen LogP contribution in [0.25, 0.3) is 0 Å². The third-order valence-electron chi connectivity index (χ3n) is 2.99. The van der Waals surface area contributed by atoms with Crippen LogP contribution in [0.5, 0.6) is 0 Å². The van der Waals surface area contributed by atoms with E-state index in [2.05, 4.69) is 6.92 Å². The summed E-state index contributed by atoms with van der Waals surface area (Å²) in [5.74, 6) is 0.218. The minimum atomic E-state index is 0. The smallest absolute Gasteiger partial charge is 0.307 e. The first kappa shape index (κ1) is 19.3. The summed E-state index contributed by atoms with van der Waals surface area (Å²) in [5, 5.41) is 1.81. The number of hydrogen-bond donors (Lipinski definition) is 1.